The Hall–Kier alpha value is -0.260. The fourth-order valence-electron chi connectivity index (χ4n) is 2.30. The molecule has 2 atom stereocenters. The monoisotopic (exact) mass is 287 g/mol. The molecule has 2 N–H and O–H groups in total. The lowest BCUT2D eigenvalue weighted by Gasteiger charge is -2.27. The van der Waals surface area contributed by atoms with E-state index in [0.717, 1.165) is 31.0 Å². The van der Waals surface area contributed by atoms with Crippen LogP contribution in [0.3, 0.4) is 0 Å². The molecule has 1 saturated heterocycles. The Morgan fingerprint density at radius 3 is 2.74 bits per heavy atom. The molecule has 1 heterocycles. The number of carbonyl (C=O) groups is 1. The lowest BCUT2D eigenvalue weighted by molar-refractivity contribution is -0.121. The van der Waals surface area contributed by atoms with Gasteiger partial charge in [0.2, 0.25) is 5.91 Å². The maximum Gasteiger partial charge on any atom is 0.221 e. The number of amides is 1. The second-order valence-electron chi connectivity index (χ2n) is 5.98. The molecular formula is C14H29N3OS. The average Bonchev–Trinajstić information content (AvgIpc) is 2.35. The first-order valence-corrected chi connectivity index (χ1v) is 8.38. The summed E-state index contributed by atoms with van der Waals surface area (Å²) < 4.78 is 0. The molecule has 0 radical (unpaired) electrons. The molecule has 0 aromatic heterocycles. The number of carbonyl (C=O) groups excluding carboxylic acids is 1. The van der Waals surface area contributed by atoms with Crippen LogP contribution in [0.1, 0.15) is 26.7 Å². The summed E-state index contributed by atoms with van der Waals surface area (Å²) in [7, 11) is 4.16. The Balaban J connectivity index is 2.26. The fraction of sp³-hybridized carbons (Fsp3) is 0.929. The standard InChI is InChI=1S/C14H29N3OS/c1-11(2)7-13(17(3)4)9-16-14(18)8-12-10-19-6-5-15-12/h11-13,15H,5-10H2,1-4H3,(H,16,18). The molecule has 0 bridgehead atoms. The molecule has 0 aliphatic carbocycles. The van der Waals surface area contributed by atoms with Crippen molar-refractivity contribution in [1.29, 1.82) is 0 Å². The highest BCUT2D eigenvalue weighted by atomic mass is 32.2. The summed E-state index contributed by atoms with van der Waals surface area (Å²) in [4.78, 5) is 14.1. The van der Waals surface area contributed by atoms with Gasteiger partial charge in [-0.25, -0.2) is 0 Å². The number of likely N-dealkylation sites (N-methyl/N-ethyl adjacent to an activating group) is 1. The van der Waals surface area contributed by atoms with Crippen LogP contribution >= 0.6 is 11.8 Å². The quantitative estimate of drug-likeness (QED) is 0.738. The minimum absolute atomic E-state index is 0.176. The maximum absolute atomic E-state index is 11.9. The van der Waals surface area contributed by atoms with Crippen molar-refractivity contribution in [2.24, 2.45) is 5.92 Å². The van der Waals surface area contributed by atoms with Gasteiger partial charge < -0.3 is 15.5 Å². The van der Waals surface area contributed by atoms with Crippen LogP contribution in [0.5, 0.6) is 0 Å². The highest BCUT2D eigenvalue weighted by molar-refractivity contribution is 7.99. The Kier molecular flexibility index (Phi) is 7.80. The van der Waals surface area contributed by atoms with Crippen molar-refractivity contribution in [2.75, 3.05) is 38.7 Å². The minimum atomic E-state index is 0.176. The number of thioether (sulfide) groups is 1. The number of nitrogens with zero attached hydrogens (tertiary/aromatic N) is 1. The first-order chi connectivity index (χ1) is 8.99. The van der Waals surface area contributed by atoms with E-state index in [0.29, 0.717) is 24.4 Å². The summed E-state index contributed by atoms with van der Waals surface area (Å²) in [5.74, 6) is 3.04. The van der Waals surface area contributed by atoms with E-state index in [1.54, 1.807) is 0 Å². The van der Waals surface area contributed by atoms with Crippen molar-refractivity contribution in [2.45, 2.75) is 38.8 Å². The van der Waals surface area contributed by atoms with Crippen LogP contribution in [-0.4, -0.2) is 61.6 Å². The zero-order chi connectivity index (χ0) is 14.3. The van der Waals surface area contributed by atoms with Crippen LogP contribution in [0.15, 0.2) is 0 Å². The van der Waals surface area contributed by atoms with Crippen molar-refractivity contribution in [3.8, 4) is 0 Å². The van der Waals surface area contributed by atoms with Gasteiger partial charge in [-0.1, -0.05) is 13.8 Å². The van der Waals surface area contributed by atoms with E-state index in [9.17, 15) is 4.79 Å². The number of hydrogen-bond acceptors (Lipinski definition) is 4. The van der Waals surface area contributed by atoms with Gasteiger partial charge in [-0.3, -0.25) is 4.79 Å². The molecule has 1 amide bonds. The van der Waals surface area contributed by atoms with Crippen molar-refractivity contribution in [3.63, 3.8) is 0 Å². The van der Waals surface area contributed by atoms with Crippen LogP contribution < -0.4 is 10.6 Å². The third-order valence-corrected chi connectivity index (χ3v) is 4.57. The topological polar surface area (TPSA) is 44.4 Å². The third-order valence-electron chi connectivity index (χ3n) is 3.44. The molecule has 5 heteroatoms. The second kappa shape index (κ2) is 8.82. The van der Waals surface area contributed by atoms with Crippen molar-refractivity contribution < 1.29 is 4.79 Å². The lowest BCUT2D eigenvalue weighted by atomic mass is 10.0. The molecule has 0 aromatic rings. The van der Waals surface area contributed by atoms with Gasteiger partial charge in [-0.2, -0.15) is 11.8 Å². The summed E-state index contributed by atoms with van der Waals surface area (Å²) in [5.41, 5.74) is 0. The van der Waals surface area contributed by atoms with E-state index in [2.05, 4.69) is 43.5 Å². The molecule has 1 aliphatic heterocycles. The predicted octanol–water partition coefficient (Wildman–Crippen LogP) is 1.17. The summed E-state index contributed by atoms with van der Waals surface area (Å²) in [6, 6.07) is 0.777. The minimum Gasteiger partial charge on any atom is -0.354 e. The van der Waals surface area contributed by atoms with Gasteiger partial charge in [0.05, 0.1) is 0 Å². The fourth-order valence-corrected chi connectivity index (χ4v) is 3.25. The van der Waals surface area contributed by atoms with Crippen molar-refractivity contribution in [1.82, 2.24) is 15.5 Å². The van der Waals surface area contributed by atoms with E-state index >= 15 is 0 Å². The molecule has 19 heavy (non-hydrogen) atoms. The molecule has 0 saturated carbocycles. The molecule has 1 aliphatic rings. The third kappa shape index (κ3) is 7.18. The van der Waals surface area contributed by atoms with Gasteiger partial charge in [0.25, 0.3) is 0 Å². The molecule has 1 fully saturated rings. The first-order valence-electron chi connectivity index (χ1n) is 7.23. The van der Waals surface area contributed by atoms with Crippen LogP contribution in [0.2, 0.25) is 0 Å². The maximum atomic E-state index is 11.9. The molecule has 1 rings (SSSR count). The SMILES string of the molecule is CC(C)CC(CNC(=O)CC1CSCCN1)N(C)C. The van der Waals surface area contributed by atoms with Crippen LogP contribution in [0.4, 0.5) is 0 Å². The number of hydrogen-bond donors (Lipinski definition) is 2. The zero-order valence-electron chi connectivity index (χ0n) is 12.7. The van der Waals surface area contributed by atoms with Gasteiger partial charge in [-0.05, 0) is 26.4 Å². The van der Waals surface area contributed by atoms with E-state index in [4.69, 9.17) is 0 Å². The van der Waals surface area contributed by atoms with E-state index in [1.165, 1.54) is 0 Å². The van der Waals surface area contributed by atoms with E-state index in [-0.39, 0.29) is 5.91 Å². The van der Waals surface area contributed by atoms with Crippen molar-refractivity contribution >= 4 is 17.7 Å². The van der Waals surface area contributed by atoms with E-state index < -0.39 is 0 Å². The van der Waals surface area contributed by atoms with Crippen LogP contribution in [-0.2, 0) is 4.79 Å². The van der Waals surface area contributed by atoms with Crippen molar-refractivity contribution in [3.05, 3.63) is 0 Å². The molecule has 0 spiro atoms. The van der Waals surface area contributed by atoms with Gasteiger partial charge >= 0.3 is 0 Å². The van der Waals surface area contributed by atoms with Gasteiger partial charge in [-0.15, -0.1) is 0 Å². The Labute approximate surface area is 122 Å². The summed E-state index contributed by atoms with van der Waals surface area (Å²) in [5, 5.41) is 6.49. The molecule has 112 valence electrons. The normalized spacial score (nSPS) is 21.7. The highest BCUT2D eigenvalue weighted by Crippen LogP contribution is 2.11. The van der Waals surface area contributed by atoms with Gasteiger partial charge in [0.1, 0.15) is 0 Å². The van der Waals surface area contributed by atoms with Crippen LogP contribution in [0, 0.1) is 5.92 Å². The largest absolute Gasteiger partial charge is 0.354 e. The Morgan fingerprint density at radius 1 is 1.47 bits per heavy atom. The number of rotatable bonds is 7. The van der Waals surface area contributed by atoms with E-state index in [1.807, 2.05) is 11.8 Å². The predicted molar refractivity (Wildman–Crippen MR) is 83.7 cm³/mol. The molecule has 2 unspecified atom stereocenters. The smallest absolute Gasteiger partial charge is 0.221 e. The Morgan fingerprint density at radius 2 is 2.21 bits per heavy atom. The first kappa shape index (κ1) is 16.8. The number of nitrogens with one attached hydrogen (secondary N) is 2. The summed E-state index contributed by atoms with van der Waals surface area (Å²) >= 11 is 1.93. The summed E-state index contributed by atoms with van der Waals surface area (Å²) in [6.07, 6.45) is 1.72. The average molecular weight is 287 g/mol. The van der Waals surface area contributed by atoms with Gasteiger partial charge in [0.15, 0.2) is 0 Å². The summed E-state index contributed by atoms with van der Waals surface area (Å²) in [6.45, 7) is 6.23. The molecular weight excluding hydrogens is 258 g/mol. The van der Waals surface area contributed by atoms with Gasteiger partial charge in [0, 0.05) is 43.1 Å². The molecule has 4 nitrogen and oxygen atoms in total. The Bertz CT molecular complexity index is 265. The molecule has 0 aromatic carbocycles. The zero-order valence-corrected chi connectivity index (χ0v) is 13.6. The highest BCUT2D eigenvalue weighted by Gasteiger charge is 2.18. The lowest BCUT2D eigenvalue weighted by Crippen LogP contribution is -2.44. The van der Waals surface area contributed by atoms with Crippen LogP contribution in [0.25, 0.3) is 0 Å². The second-order valence-corrected chi connectivity index (χ2v) is 7.13.